The third-order valence-electron chi connectivity index (χ3n) is 4.94. The van der Waals surface area contributed by atoms with Gasteiger partial charge in [-0.1, -0.05) is 38.8 Å². The van der Waals surface area contributed by atoms with E-state index in [1.165, 1.54) is 24.9 Å². The van der Waals surface area contributed by atoms with Gasteiger partial charge in [0.1, 0.15) is 0 Å². The zero-order valence-electron chi connectivity index (χ0n) is 13.1. The van der Waals surface area contributed by atoms with E-state index in [1.54, 1.807) is 0 Å². The summed E-state index contributed by atoms with van der Waals surface area (Å²) in [5.74, 6) is 1.53. The highest BCUT2D eigenvalue weighted by molar-refractivity contribution is 5.47. The first-order valence-electron chi connectivity index (χ1n) is 7.72. The minimum Gasteiger partial charge on any atom is -0.382 e. The molecule has 20 heavy (non-hydrogen) atoms. The van der Waals surface area contributed by atoms with E-state index in [0.717, 1.165) is 17.4 Å². The van der Waals surface area contributed by atoms with Crippen LogP contribution in [-0.4, -0.2) is 6.04 Å². The van der Waals surface area contributed by atoms with Gasteiger partial charge in [-0.05, 0) is 49.8 Å². The quantitative estimate of drug-likeness (QED) is 0.862. The van der Waals surface area contributed by atoms with Crippen LogP contribution in [0.15, 0.2) is 24.3 Å². The van der Waals surface area contributed by atoms with Crippen LogP contribution in [0.4, 0.5) is 5.69 Å². The number of benzene rings is 1. The highest BCUT2D eigenvalue weighted by Crippen LogP contribution is 2.32. The molecule has 0 heterocycles. The Kier molecular flexibility index (Phi) is 4.38. The number of hydrogen-bond donors (Lipinski definition) is 1. The van der Waals surface area contributed by atoms with Crippen molar-refractivity contribution in [3.8, 4) is 6.07 Å². The fourth-order valence-corrected chi connectivity index (χ4v) is 3.05. The lowest BCUT2D eigenvalue weighted by Crippen LogP contribution is -2.35. The Hall–Kier alpha value is -1.49. The molecule has 1 aromatic rings. The minimum atomic E-state index is -0.412. The Balaban J connectivity index is 2.06. The van der Waals surface area contributed by atoms with Gasteiger partial charge in [0.25, 0.3) is 0 Å². The van der Waals surface area contributed by atoms with Gasteiger partial charge < -0.3 is 5.32 Å². The molecule has 2 nitrogen and oxygen atoms in total. The van der Waals surface area contributed by atoms with Gasteiger partial charge >= 0.3 is 0 Å². The summed E-state index contributed by atoms with van der Waals surface area (Å²) in [6, 6.07) is 11.3. The van der Waals surface area contributed by atoms with Crippen molar-refractivity contribution in [1.82, 2.24) is 0 Å². The summed E-state index contributed by atoms with van der Waals surface area (Å²) in [7, 11) is 0. The fourth-order valence-electron chi connectivity index (χ4n) is 3.05. The molecule has 0 radical (unpaired) electrons. The maximum Gasteiger partial charge on any atom is 0.0766 e. The summed E-state index contributed by atoms with van der Waals surface area (Å²) >= 11 is 0. The molecular weight excluding hydrogens is 244 g/mol. The Morgan fingerprint density at radius 2 is 1.80 bits per heavy atom. The number of nitrogens with zero attached hydrogens (tertiary/aromatic N) is 1. The average Bonchev–Trinajstić information content (AvgIpc) is 2.44. The molecule has 0 aromatic heterocycles. The highest BCUT2D eigenvalue weighted by atomic mass is 14.9. The van der Waals surface area contributed by atoms with Gasteiger partial charge in [-0.3, -0.25) is 0 Å². The third-order valence-corrected chi connectivity index (χ3v) is 4.94. The molecule has 1 aromatic carbocycles. The van der Waals surface area contributed by atoms with Crippen LogP contribution in [-0.2, 0) is 5.41 Å². The van der Waals surface area contributed by atoms with E-state index in [0.29, 0.717) is 6.04 Å². The molecule has 3 unspecified atom stereocenters. The zero-order chi connectivity index (χ0) is 14.8. The van der Waals surface area contributed by atoms with Gasteiger partial charge in [-0.25, -0.2) is 0 Å². The van der Waals surface area contributed by atoms with Gasteiger partial charge in [-0.15, -0.1) is 0 Å². The van der Waals surface area contributed by atoms with Crippen LogP contribution in [0, 0.1) is 23.2 Å². The first kappa shape index (κ1) is 14.9. The maximum atomic E-state index is 9.18. The van der Waals surface area contributed by atoms with Crippen LogP contribution in [0.1, 0.15) is 52.5 Å². The molecule has 0 amide bonds. The minimum absolute atomic E-state index is 0.412. The molecule has 2 heteroatoms. The molecule has 0 aliphatic heterocycles. The smallest absolute Gasteiger partial charge is 0.0766 e. The topological polar surface area (TPSA) is 35.8 Å². The van der Waals surface area contributed by atoms with Crippen molar-refractivity contribution in [1.29, 1.82) is 5.26 Å². The van der Waals surface area contributed by atoms with E-state index in [9.17, 15) is 5.26 Å². The van der Waals surface area contributed by atoms with Gasteiger partial charge in [0.2, 0.25) is 0 Å². The number of nitriles is 1. The molecule has 0 spiro atoms. The highest BCUT2D eigenvalue weighted by Gasteiger charge is 2.27. The Labute approximate surface area is 123 Å². The summed E-state index contributed by atoms with van der Waals surface area (Å²) in [6.07, 6.45) is 3.94. The van der Waals surface area contributed by atoms with Crippen molar-refractivity contribution in [2.24, 2.45) is 11.8 Å². The predicted octanol–water partition coefficient (Wildman–Crippen LogP) is 4.72. The molecule has 0 bridgehead atoms. The molecule has 108 valence electrons. The SMILES string of the molecule is CC1CCCC(Nc2ccc(C(C)(C)C#N)cc2)C1C. The molecule has 1 aliphatic carbocycles. The first-order chi connectivity index (χ1) is 9.44. The number of rotatable bonds is 3. The summed E-state index contributed by atoms with van der Waals surface area (Å²) in [4.78, 5) is 0. The molecule has 3 atom stereocenters. The summed E-state index contributed by atoms with van der Waals surface area (Å²) in [5, 5.41) is 12.9. The third kappa shape index (κ3) is 3.15. The maximum absolute atomic E-state index is 9.18. The van der Waals surface area contributed by atoms with E-state index in [2.05, 4.69) is 49.5 Å². The van der Waals surface area contributed by atoms with E-state index < -0.39 is 5.41 Å². The average molecular weight is 270 g/mol. The number of hydrogen-bond acceptors (Lipinski definition) is 2. The van der Waals surface area contributed by atoms with Crippen molar-refractivity contribution >= 4 is 5.69 Å². The first-order valence-corrected chi connectivity index (χ1v) is 7.72. The van der Waals surface area contributed by atoms with Gasteiger partial charge in [0.05, 0.1) is 11.5 Å². The fraction of sp³-hybridized carbons (Fsp3) is 0.611. The van der Waals surface area contributed by atoms with Gasteiger partial charge in [0, 0.05) is 11.7 Å². The van der Waals surface area contributed by atoms with Crippen LogP contribution >= 0.6 is 0 Å². The van der Waals surface area contributed by atoms with E-state index in [-0.39, 0.29) is 0 Å². The second-order valence-electron chi connectivity index (χ2n) is 6.83. The monoisotopic (exact) mass is 270 g/mol. The number of anilines is 1. The lowest BCUT2D eigenvalue weighted by Gasteiger charge is -2.35. The van der Waals surface area contributed by atoms with Crippen LogP contribution in [0.2, 0.25) is 0 Å². The normalized spacial score (nSPS) is 26.9. The molecule has 1 N–H and O–H groups in total. The Bertz CT molecular complexity index is 481. The van der Waals surface area contributed by atoms with E-state index in [4.69, 9.17) is 0 Å². The lowest BCUT2D eigenvalue weighted by molar-refractivity contribution is 0.253. The zero-order valence-corrected chi connectivity index (χ0v) is 13.1. The van der Waals surface area contributed by atoms with Crippen molar-refractivity contribution in [2.45, 2.75) is 58.4 Å². The Morgan fingerprint density at radius 1 is 1.15 bits per heavy atom. The van der Waals surface area contributed by atoms with Crippen LogP contribution in [0.25, 0.3) is 0 Å². The Morgan fingerprint density at radius 3 is 2.40 bits per heavy atom. The molecule has 2 rings (SSSR count). The van der Waals surface area contributed by atoms with Crippen molar-refractivity contribution in [2.75, 3.05) is 5.32 Å². The molecule has 0 saturated heterocycles. The number of nitrogens with one attached hydrogen (secondary N) is 1. The molecular formula is C18H26N2. The van der Waals surface area contributed by atoms with Crippen molar-refractivity contribution < 1.29 is 0 Å². The van der Waals surface area contributed by atoms with Gasteiger partial charge in [-0.2, -0.15) is 5.26 Å². The second-order valence-corrected chi connectivity index (χ2v) is 6.83. The van der Waals surface area contributed by atoms with E-state index >= 15 is 0 Å². The molecule has 1 aliphatic rings. The van der Waals surface area contributed by atoms with Crippen LogP contribution < -0.4 is 5.32 Å². The van der Waals surface area contributed by atoms with Crippen LogP contribution in [0.3, 0.4) is 0 Å². The molecule has 1 saturated carbocycles. The predicted molar refractivity (Wildman–Crippen MR) is 84.7 cm³/mol. The largest absolute Gasteiger partial charge is 0.382 e. The van der Waals surface area contributed by atoms with E-state index in [1.807, 2.05) is 13.8 Å². The molecule has 1 fully saturated rings. The standard InChI is InChI=1S/C18H26N2/c1-13-6-5-7-17(14(13)2)20-16-10-8-15(9-11-16)18(3,4)12-19/h8-11,13-14,17,20H,5-7H2,1-4H3. The van der Waals surface area contributed by atoms with Crippen molar-refractivity contribution in [3.63, 3.8) is 0 Å². The lowest BCUT2D eigenvalue weighted by atomic mass is 9.78. The summed E-state index contributed by atoms with van der Waals surface area (Å²) in [5.41, 5.74) is 1.84. The summed E-state index contributed by atoms with van der Waals surface area (Å²) < 4.78 is 0. The van der Waals surface area contributed by atoms with Crippen LogP contribution in [0.5, 0.6) is 0 Å². The van der Waals surface area contributed by atoms with Crippen molar-refractivity contribution in [3.05, 3.63) is 29.8 Å². The van der Waals surface area contributed by atoms with Gasteiger partial charge in [0.15, 0.2) is 0 Å². The summed E-state index contributed by atoms with van der Waals surface area (Å²) in [6.45, 7) is 8.63. The second kappa shape index (κ2) is 5.87.